The Morgan fingerprint density at radius 3 is 2.64 bits per heavy atom. The van der Waals surface area contributed by atoms with Crippen LogP contribution in [-0.2, 0) is 0 Å². The highest BCUT2D eigenvalue weighted by Crippen LogP contribution is 2.35. The van der Waals surface area contributed by atoms with Gasteiger partial charge in [-0.05, 0) is 30.3 Å². The minimum Gasteiger partial charge on any atom is -0.496 e. The first kappa shape index (κ1) is 14.3. The van der Waals surface area contributed by atoms with Gasteiger partial charge in [-0.2, -0.15) is 0 Å². The SMILES string of the molecule is COc1ccccc1/C=C(\c1ccc2c(c1)OCO2)N(C)C. The molecule has 0 radical (unpaired) electrons. The van der Waals surface area contributed by atoms with Gasteiger partial charge in [0.25, 0.3) is 0 Å². The molecule has 0 aromatic heterocycles. The second-order valence-electron chi connectivity index (χ2n) is 5.23. The van der Waals surface area contributed by atoms with Crippen LogP contribution in [0.3, 0.4) is 0 Å². The predicted molar refractivity (Wildman–Crippen MR) is 87.1 cm³/mol. The molecule has 0 aliphatic carbocycles. The molecule has 1 aliphatic heterocycles. The first-order valence-electron chi connectivity index (χ1n) is 7.11. The summed E-state index contributed by atoms with van der Waals surface area (Å²) in [5, 5.41) is 0. The van der Waals surface area contributed by atoms with Crippen LogP contribution in [-0.4, -0.2) is 32.9 Å². The Balaban J connectivity index is 2.04. The van der Waals surface area contributed by atoms with E-state index in [0.29, 0.717) is 0 Å². The fourth-order valence-electron chi connectivity index (χ4n) is 2.46. The molecule has 1 heterocycles. The molecule has 0 fully saturated rings. The summed E-state index contributed by atoms with van der Waals surface area (Å²) in [6.07, 6.45) is 2.11. The predicted octanol–water partition coefficient (Wildman–Crippen LogP) is 3.48. The summed E-state index contributed by atoms with van der Waals surface area (Å²) in [4.78, 5) is 2.07. The summed E-state index contributed by atoms with van der Waals surface area (Å²) in [6.45, 7) is 0.284. The Bertz CT molecular complexity index is 707. The Morgan fingerprint density at radius 1 is 1.09 bits per heavy atom. The van der Waals surface area contributed by atoms with Gasteiger partial charge in [0.05, 0.1) is 7.11 Å². The van der Waals surface area contributed by atoms with Crippen LogP contribution in [0, 0.1) is 0 Å². The van der Waals surface area contributed by atoms with E-state index in [2.05, 4.69) is 11.0 Å². The number of nitrogens with zero attached hydrogens (tertiary/aromatic N) is 1. The molecule has 0 saturated carbocycles. The maximum atomic E-state index is 5.47. The lowest BCUT2D eigenvalue weighted by atomic mass is 10.1. The van der Waals surface area contributed by atoms with Crippen molar-refractivity contribution in [1.29, 1.82) is 0 Å². The van der Waals surface area contributed by atoms with E-state index >= 15 is 0 Å². The molecule has 0 N–H and O–H groups in total. The van der Waals surface area contributed by atoms with Crippen LogP contribution < -0.4 is 14.2 Å². The van der Waals surface area contributed by atoms with Gasteiger partial charge >= 0.3 is 0 Å². The summed E-state index contributed by atoms with van der Waals surface area (Å²) in [5.41, 5.74) is 3.18. The molecule has 0 spiro atoms. The topological polar surface area (TPSA) is 30.9 Å². The normalized spacial score (nSPS) is 13.1. The maximum Gasteiger partial charge on any atom is 0.231 e. The molecule has 0 atom stereocenters. The molecular weight excluding hydrogens is 278 g/mol. The average Bonchev–Trinajstić information content (AvgIpc) is 3.00. The van der Waals surface area contributed by atoms with Gasteiger partial charge in [-0.1, -0.05) is 18.2 Å². The van der Waals surface area contributed by atoms with Crippen molar-refractivity contribution in [1.82, 2.24) is 4.90 Å². The molecule has 22 heavy (non-hydrogen) atoms. The van der Waals surface area contributed by atoms with Crippen LogP contribution in [0.15, 0.2) is 42.5 Å². The van der Waals surface area contributed by atoms with Gasteiger partial charge in [0, 0.05) is 30.9 Å². The zero-order valence-corrected chi connectivity index (χ0v) is 13.0. The van der Waals surface area contributed by atoms with Gasteiger partial charge in [0.15, 0.2) is 11.5 Å². The van der Waals surface area contributed by atoms with E-state index in [4.69, 9.17) is 14.2 Å². The lowest BCUT2D eigenvalue weighted by Crippen LogP contribution is -2.10. The molecule has 3 rings (SSSR count). The van der Waals surface area contributed by atoms with E-state index in [1.54, 1.807) is 7.11 Å². The van der Waals surface area contributed by atoms with E-state index in [0.717, 1.165) is 34.1 Å². The van der Waals surface area contributed by atoms with Crippen molar-refractivity contribution in [3.05, 3.63) is 53.6 Å². The van der Waals surface area contributed by atoms with Gasteiger partial charge in [0.2, 0.25) is 6.79 Å². The fourth-order valence-corrected chi connectivity index (χ4v) is 2.46. The van der Waals surface area contributed by atoms with E-state index in [9.17, 15) is 0 Å². The lowest BCUT2D eigenvalue weighted by molar-refractivity contribution is 0.174. The second kappa shape index (κ2) is 6.02. The van der Waals surface area contributed by atoms with Crippen LogP contribution in [0.25, 0.3) is 11.8 Å². The Labute approximate surface area is 130 Å². The number of ether oxygens (including phenoxy) is 3. The number of methoxy groups -OCH3 is 1. The zero-order valence-electron chi connectivity index (χ0n) is 13.0. The van der Waals surface area contributed by atoms with Crippen molar-refractivity contribution in [2.45, 2.75) is 0 Å². The standard InChI is InChI=1S/C18H19NO3/c1-19(2)15(10-14-6-4-5-7-16(14)20-3)13-8-9-17-18(11-13)22-12-21-17/h4-11H,12H2,1-3H3/b15-10+. The minimum absolute atomic E-state index is 0.284. The summed E-state index contributed by atoms with van der Waals surface area (Å²) in [7, 11) is 5.72. The molecule has 0 amide bonds. The first-order chi connectivity index (χ1) is 10.7. The van der Waals surface area contributed by atoms with E-state index < -0.39 is 0 Å². The van der Waals surface area contributed by atoms with E-state index in [1.807, 2.05) is 56.6 Å². The number of rotatable bonds is 4. The van der Waals surface area contributed by atoms with Crippen molar-refractivity contribution in [3.8, 4) is 17.2 Å². The highest BCUT2D eigenvalue weighted by Gasteiger charge is 2.15. The third-order valence-electron chi connectivity index (χ3n) is 3.58. The number of hydrogen-bond donors (Lipinski definition) is 0. The first-order valence-corrected chi connectivity index (χ1v) is 7.11. The maximum absolute atomic E-state index is 5.47. The highest BCUT2D eigenvalue weighted by atomic mass is 16.7. The van der Waals surface area contributed by atoms with E-state index in [-0.39, 0.29) is 6.79 Å². The van der Waals surface area contributed by atoms with Crippen molar-refractivity contribution >= 4 is 11.8 Å². The molecular formula is C18H19NO3. The fraction of sp³-hybridized carbons (Fsp3) is 0.222. The van der Waals surface area contributed by atoms with Crippen molar-refractivity contribution in [3.63, 3.8) is 0 Å². The van der Waals surface area contributed by atoms with Gasteiger partial charge in [-0.3, -0.25) is 0 Å². The lowest BCUT2D eigenvalue weighted by Gasteiger charge is -2.19. The van der Waals surface area contributed by atoms with Gasteiger partial charge in [-0.25, -0.2) is 0 Å². The van der Waals surface area contributed by atoms with Crippen molar-refractivity contribution in [2.75, 3.05) is 28.0 Å². The molecule has 1 aliphatic rings. The number of benzene rings is 2. The zero-order chi connectivity index (χ0) is 15.5. The third-order valence-corrected chi connectivity index (χ3v) is 3.58. The summed E-state index contributed by atoms with van der Waals surface area (Å²) in [5.74, 6) is 2.42. The van der Waals surface area contributed by atoms with Crippen LogP contribution in [0.4, 0.5) is 0 Å². The van der Waals surface area contributed by atoms with Crippen LogP contribution in [0.2, 0.25) is 0 Å². The number of para-hydroxylation sites is 1. The molecule has 2 aromatic rings. The smallest absolute Gasteiger partial charge is 0.231 e. The number of fused-ring (bicyclic) bond motifs is 1. The van der Waals surface area contributed by atoms with Gasteiger partial charge in [-0.15, -0.1) is 0 Å². The monoisotopic (exact) mass is 297 g/mol. The van der Waals surface area contributed by atoms with Gasteiger partial charge in [0.1, 0.15) is 5.75 Å². The van der Waals surface area contributed by atoms with Gasteiger partial charge < -0.3 is 19.1 Å². The molecule has 4 heteroatoms. The molecule has 0 bridgehead atoms. The number of hydrogen-bond acceptors (Lipinski definition) is 4. The third kappa shape index (κ3) is 2.72. The largest absolute Gasteiger partial charge is 0.496 e. The van der Waals surface area contributed by atoms with Crippen LogP contribution in [0.5, 0.6) is 17.2 Å². The van der Waals surface area contributed by atoms with E-state index in [1.165, 1.54) is 0 Å². The average molecular weight is 297 g/mol. The van der Waals surface area contributed by atoms with Crippen LogP contribution in [0.1, 0.15) is 11.1 Å². The molecule has 4 nitrogen and oxygen atoms in total. The van der Waals surface area contributed by atoms with Crippen molar-refractivity contribution in [2.24, 2.45) is 0 Å². The van der Waals surface area contributed by atoms with Crippen LogP contribution >= 0.6 is 0 Å². The molecule has 2 aromatic carbocycles. The highest BCUT2D eigenvalue weighted by molar-refractivity contribution is 5.82. The Hall–Kier alpha value is -2.62. The quantitative estimate of drug-likeness (QED) is 0.808. The summed E-state index contributed by atoms with van der Waals surface area (Å²) >= 11 is 0. The molecule has 114 valence electrons. The second-order valence-corrected chi connectivity index (χ2v) is 5.23. The Kier molecular flexibility index (Phi) is 3.92. The Morgan fingerprint density at radius 2 is 1.86 bits per heavy atom. The minimum atomic E-state index is 0.284. The summed E-state index contributed by atoms with van der Waals surface area (Å²) < 4.78 is 16.3. The molecule has 0 unspecified atom stereocenters. The molecule has 0 saturated heterocycles. The van der Waals surface area contributed by atoms with Crippen molar-refractivity contribution < 1.29 is 14.2 Å². The summed E-state index contributed by atoms with van der Waals surface area (Å²) in [6, 6.07) is 13.9.